The van der Waals surface area contributed by atoms with Crippen molar-refractivity contribution in [1.29, 1.82) is 0 Å². The van der Waals surface area contributed by atoms with Gasteiger partial charge in [-0.15, -0.1) is 11.8 Å². The normalized spacial score (nSPS) is 13.5. The van der Waals surface area contributed by atoms with Crippen molar-refractivity contribution in [3.63, 3.8) is 0 Å². The zero-order valence-electron chi connectivity index (χ0n) is 23.8. The number of nitrogens with zero attached hydrogens (tertiary/aromatic N) is 3. The number of amides is 2. The Morgan fingerprint density at radius 2 is 1.67 bits per heavy atom. The SMILES string of the molecule is CC(C)OC(=O)N1CCN(c2ccc(C(=O)NS(=O)(=O)c3ccc(NCCSc4ccccc4)c([N+](=O)[O-])c3)cc2)CC1. The maximum absolute atomic E-state index is 13.0. The first-order valence-corrected chi connectivity index (χ1v) is 16.1. The molecule has 14 heteroatoms. The van der Waals surface area contributed by atoms with Gasteiger partial charge in [0.2, 0.25) is 0 Å². The Bertz CT molecular complexity index is 1540. The minimum atomic E-state index is -4.39. The molecule has 0 aromatic heterocycles. The number of hydrogen-bond donors (Lipinski definition) is 2. The number of thioether (sulfide) groups is 1. The Balaban J connectivity index is 1.34. The van der Waals surface area contributed by atoms with Crippen LogP contribution in [0, 0.1) is 10.1 Å². The quantitative estimate of drug-likeness (QED) is 0.134. The smallest absolute Gasteiger partial charge is 0.410 e. The van der Waals surface area contributed by atoms with Crippen LogP contribution in [0.1, 0.15) is 24.2 Å². The van der Waals surface area contributed by atoms with Crippen LogP contribution in [0.3, 0.4) is 0 Å². The van der Waals surface area contributed by atoms with Gasteiger partial charge in [0.25, 0.3) is 21.6 Å². The fourth-order valence-corrected chi connectivity index (χ4v) is 6.12. The van der Waals surface area contributed by atoms with Crippen LogP contribution in [0.4, 0.5) is 21.9 Å². The molecule has 1 saturated heterocycles. The Morgan fingerprint density at radius 3 is 2.30 bits per heavy atom. The first kappa shape index (κ1) is 31.6. The van der Waals surface area contributed by atoms with Gasteiger partial charge in [0, 0.05) is 60.7 Å². The zero-order chi connectivity index (χ0) is 31.0. The maximum atomic E-state index is 13.0. The summed E-state index contributed by atoms with van der Waals surface area (Å²) in [5.41, 5.74) is 0.687. The topological polar surface area (TPSA) is 151 Å². The average molecular weight is 628 g/mol. The molecule has 3 aromatic rings. The monoisotopic (exact) mass is 627 g/mol. The van der Waals surface area contributed by atoms with Crippen molar-refractivity contribution in [3.05, 3.63) is 88.5 Å². The van der Waals surface area contributed by atoms with Crippen LogP contribution < -0.4 is 14.9 Å². The predicted octanol–water partition coefficient (Wildman–Crippen LogP) is 4.58. The Hall–Kier alpha value is -4.30. The van der Waals surface area contributed by atoms with E-state index in [9.17, 15) is 28.1 Å². The van der Waals surface area contributed by atoms with E-state index in [1.54, 1.807) is 42.6 Å². The second kappa shape index (κ2) is 14.2. The van der Waals surface area contributed by atoms with E-state index in [1.165, 1.54) is 24.3 Å². The number of nitrogens with one attached hydrogen (secondary N) is 2. The van der Waals surface area contributed by atoms with Gasteiger partial charge in [0.15, 0.2) is 0 Å². The molecular weight excluding hydrogens is 594 g/mol. The predicted molar refractivity (Wildman–Crippen MR) is 165 cm³/mol. The number of carbonyl (C=O) groups is 2. The van der Waals surface area contributed by atoms with Gasteiger partial charge in [-0.2, -0.15) is 0 Å². The number of hydrogen-bond acceptors (Lipinski definition) is 10. The van der Waals surface area contributed by atoms with Crippen LogP contribution in [-0.4, -0.2) is 74.8 Å². The van der Waals surface area contributed by atoms with E-state index in [0.717, 1.165) is 16.6 Å². The molecule has 12 nitrogen and oxygen atoms in total. The lowest BCUT2D eigenvalue weighted by Gasteiger charge is -2.35. The molecular formula is C29H33N5O7S2. The number of carbonyl (C=O) groups excluding carboxylic acids is 2. The van der Waals surface area contributed by atoms with Crippen LogP contribution in [0.2, 0.25) is 0 Å². The largest absolute Gasteiger partial charge is 0.447 e. The molecule has 0 atom stereocenters. The molecule has 2 N–H and O–H groups in total. The van der Waals surface area contributed by atoms with Crippen molar-refractivity contribution < 1.29 is 27.7 Å². The van der Waals surface area contributed by atoms with Crippen molar-refractivity contribution in [2.24, 2.45) is 0 Å². The van der Waals surface area contributed by atoms with Gasteiger partial charge in [-0.05, 0) is 62.4 Å². The fraction of sp³-hybridized carbons (Fsp3) is 0.310. The zero-order valence-corrected chi connectivity index (χ0v) is 25.4. The summed E-state index contributed by atoms with van der Waals surface area (Å²) in [6, 6.07) is 19.6. The van der Waals surface area contributed by atoms with Crippen LogP contribution in [0.15, 0.2) is 82.6 Å². The van der Waals surface area contributed by atoms with Crippen molar-refractivity contribution in [1.82, 2.24) is 9.62 Å². The molecule has 3 aromatic carbocycles. The third-order valence-electron chi connectivity index (χ3n) is 6.50. The van der Waals surface area contributed by atoms with E-state index in [-0.39, 0.29) is 23.4 Å². The molecule has 43 heavy (non-hydrogen) atoms. The summed E-state index contributed by atoms with van der Waals surface area (Å²) < 4.78 is 33.1. The summed E-state index contributed by atoms with van der Waals surface area (Å²) in [4.78, 5) is 40.3. The van der Waals surface area contributed by atoms with Crippen LogP contribution in [-0.2, 0) is 14.8 Å². The van der Waals surface area contributed by atoms with E-state index < -0.39 is 31.4 Å². The number of nitro groups is 1. The lowest BCUT2D eigenvalue weighted by molar-refractivity contribution is -0.384. The number of rotatable bonds is 11. The second-order valence-corrected chi connectivity index (χ2v) is 12.8. The summed E-state index contributed by atoms with van der Waals surface area (Å²) in [6.07, 6.45) is -0.545. The number of nitro benzene ring substituents is 1. The Labute approximate surface area is 254 Å². The summed E-state index contributed by atoms with van der Waals surface area (Å²) in [6.45, 7) is 6.12. The van der Waals surface area contributed by atoms with Gasteiger partial charge in [-0.3, -0.25) is 14.9 Å². The number of ether oxygens (including phenoxy) is 1. The minimum absolute atomic E-state index is 0.107. The van der Waals surface area contributed by atoms with Crippen molar-refractivity contribution in [2.75, 3.05) is 48.7 Å². The lowest BCUT2D eigenvalue weighted by atomic mass is 10.1. The van der Waals surface area contributed by atoms with Crippen LogP contribution >= 0.6 is 11.8 Å². The summed E-state index contributed by atoms with van der Waals surface area (Å²) in [5, 5.41) is 14.7. The number of sulfonamides is 1. The van der Waals surface area contributed by atoms with Gasteiger partial charge in [0.1, 0.15) is 5.69 Å². The maximum Gasteiger partial charge on any atom is 0.410 e. The number of piperazine rings is 1. The van der Waals surface area contributed by atoms with Crippen LogP contribution in [0.25, 0.3) is 0 Å². The van der Waals surface area contributed by atoms with Crippen molar-refractivity contribution >= 4 is 50.8 Å². The highest BCUT2D eigenvalue weighted by Crippen LogP contribution is 2.28. The highest BCUT2D eigenvalue weighted by atomic mass is 32.2. The third-order valence-corrected chi connectivity index (χ3v) is 8.84. The third kappa shape index (κ3) is 8.61. The van der Waals surface area contributed by atoms with Crippen LogP contribution in [0.5, 0.6) is 0 Å². The fourth-order valence-electron chi connectivity index (χ4n) is 4.34. The molecule has 0 radical (unpaired) electrons. The summed E-state index contributed by atoms with van der Waals surface area (Å²) in [5.74, 6) is -0.227. The molecule has 0 bridgehead atoms. The first-order chi connectivity index (χ1) is 20.5. The molecule has 0 aliphatic carbocycles. The van der Waals surface area contributed by atoms with Crippen molar-refractivity contribution in [3.8, 4) is 0 Å². The number of benzene rings is 3. The molecule has 0 spiro atoms. The molecule has 1 aliphatic rings. The van der Waals surface area contributed by atoms with Gasteiger partial charge >= 0.3 is 6.09 Å². The van der Waals surface area contributed by atoms with Gasteiger partial charge in [-0.25, -0.2) is 17.9 Å². The molecule has 4 rings (SSSR count). The standard InChI is InChI=1S/C29H33N5O7S2/c1-21(2)41-29(36)33-17-15-32(16-18-33)23-10-8-22(9-11-23)28(35)31-43(39,40)25-12-13-26(27(20-25)34(37)38)30-14-19-42-24-6-4-3-5-7-24/h3-13,20-21,30H,14-19H2,1-2H3,(H,31,35). The van der Waals surface area contributed by atoms with Crippen molar-refractivity contribution in [2.45, 2.75) is 29.7 Å². The Morgan fingerprint density at radius 1 is 1.00 bits per heavy atom. The highest BCUT2D eigenvalue weighted by molar-refractivity contribution is 7.99. The van der Waals surface area contributed by atoms with E-state index in [2.05, 4.69) is 5.32 Å². The molecule has 228 valence electrons. The second-order valence-electron chi connectivity index (χ2n) is 9.91. The summed E-state index contributed by atoms with van der Waals surface area (Å²) >= 11 is 1.58. The molecule has 1 fully saturated rings. The van der Waals surface area contributed by atoms with E-state index in [4.69, 9.17) is 4.74 Å². The van der Waals surface area contributed by atoms with Gasteiger partial charge < -0.3 is 19.9 Å². The van der Waals surface area contributed by atoms with Gasteiger partial charge in [-0.1, -0.05) is 18.2 Å². The van der Waals surface area contributed by atoms with Gasteiger partial charge in [0.05, 0.1) is 15.9 Å². The molecule has 0 saturated carbocycles. The molecule has 0 unspecified atom stereocenters. The average Bonchev–Trinajstić information content (AvgIpc) is 2.99. The first-order valence-electron chi connectivity index (χ1n) is 13.6. The van der Waals surface area contributed by atoms with E-state index in [1.807, 2.05) is 40.0 Å². The summed E-state index contributed by atoms with van der Waals surface area (Å²) in [7, 11) is -4.39. The lowest BCUT2D eigenvalue weighted by Crippen LogP contribution is -2.49. The molecule has 1 aliphatic heterocycles. The van der Waals surface area contributed by atoms with E-state index in [0.29, 0.717) is 38.5 Å². The number of anilines is 2. The Kier molecular flexibility index (Phi) is 10.5. The molecule has 2 amide bonds. The minimum Gasteiger partial charge on any atom is -0.447 e. The van der Waals surface area contributed by atoms with E-state index >= 15 is 0 Å². The molecule has 1 heterocycles. The highest BCUT2D eigenvalue weighted by Gasteiger charge is 2.25.